The van der Waals surface area contributed by atoms with Gasteiger partial charge in [0.15, 0.2) is 5.16 Å². The van der Waals surface area contributed by atoms with Crippen LogP contribution in [0.5, 0.6) is 0 Å². The largest absolute Gasteiger partial charge is 0.310 e. The van der Waals surface area contributed by atoms with E-state index in [0.29, 0.717) is 16.7 Å². The number of anilines is 1. The molecule has 2 heterocycles. The predicted molar refractivity (Wildman–Crippen MR) is 93.3 cm³/mol. The van der Waals surface area contributed by atoms with Crippen LogP contribution in [0.4, 0.5) is 10.2 Å². The number of para-hydroxylation sites is 1. The molecule has 130 valence electrons. The van der Waals surface area contributed by atoms with Crippen molar-refractivity contribution in [2.45, 2.75) is 25.0 Å². The number of hydrogen-bond acceptors (Lipinski definition) is 5. The molecule has 1 aromatic carbocycles. The number of carbonyl (C=O) groups is 1. The molecule has 0 aliphatic heterocycles. The molecule has 9 heteroatoms. The van der Waals surface area contributed by atoms with Crippen LogP contribution in [-0.4, -0.2) is 36.2 Å². The molecule has 0 saturated heterocycles. The van der Waals surface area contributed by atoms with Crippen molar-refractivity contribution in [2.75, 3.05) is 11.1 Å². The van der Waals surface area contributed by atoms with Crippen LogP contribution < -0.4 is 5.32 Å². The lowest BCUT2D eigenvalue weighted by atomic mass is 10.3. The van der Waals surface area contributed by atoms with Gasteiger partial charge >= 0.3 is 0 Å². The van der Waals surface area contributed by atoms with Gasteiger partial charge in [0, 0.05) is 12.1 Å². The maximum Gasteiger partial charge on any atom is 0.235 e. The highest BCUT2D eigenvalue weighted by Gasteiger charge is 2.14. The first-order valence-electron chi connectivity index (χ1n) is 7.67. The van der Waals surface area contributed by atoms with Gasteiger partial charge in [0.25, 0.3) is 0 Å². The molecule has 3 rings (SSSR count). The summed E-state index contributed by atoms with van der Waals surface area (Å²) in [6.07, 6.45) is 3.06. The van der Waals surface area contributed by atoms with E-state index >= 15 is 0 Å². The molecule has 0 unspecified atom stereocenters. The molecular formula is C16H17FN6OS. The zero-order valence-electron chi connectivity index (χ0n) is 13.8. The number of hydrogen-bond donors (Lipinski definition) is 1. The predicted octanol–water partition coefficient (Wildman–Crippen LogP) is 2.91. The summed E-state index contributed by atoms with van der Waals surface area (Å²) in [6, 6.07) is 8.22. The summed E-state index contributed by atoms with van der Waals surface area (Å²) >= 11 is 1.18. The fourth-order valence-electron chi connectivity index (χ4n) is 2.27. The smallest absolute Gasteiger partial charge is 0.235 e. The van der Waals surface area contributed by atoms with Gasteiger partial charge in [-0.3, -0.25) is 9.36 Å². The van der Waals surface area contributed by atoms with Crippen LogP contribution >= 0.6 is 11.8 Å². The minimum atomic E-state index is -0.380. The lowest BCUT2D eigenvalue weighted by molar-refractivity contribution is -0.113. The van der Waals surface area contributed by atoms with Gasteiger partial charge in [-0.05, 0) is 26.0 Å². The monoisotopic (exact) mass is 360 g/mol. The molecule has 2 aromatic heterocycles. The maximum absolute atomic E-state index is 13.9. The Kier molecular flexibility index (Phi) is 5.13. The number of carbonyl (C=O) groups excluding carboxylic acids is 1. The van der Waals surface area contributed by atoms with Crippen molar-refractivity contribution in [2.24, 2.45) is 0 Å². The van der Waals surface area contributed by atoms with Gasteiger partial charge in [-0.25, -0.2) is 9.07 Å². The van der Waals surface area contributed by atoms with E-state index in [1.165, 1.54) is 28.7 Å². The van der Waals surface area contributed by atoms with Crippen molar-refractivity contribution in [3.8, 4) is 5.69 Å². The Hall–Kier alpha value is -2.68. The lowest BCUT2D eigenvalue weighted by Crippen LogP contribution is -2.18. The normalized spacial score (nSPS) is 11.0. The van der Waals surface area contributed by atoms with Gasteiger partial charge in [-0.15, -0.1) is 10.2 Å². The second-order valence-corrected chi connectivity index (χ2v) is 6.47. The molecule has 1 amide bonds. The number of nitrogens with zero attached hydrogens (tertiary/aromatic N) is 5. The fourth-order valence-corrected chi connectivity index (χ4v) is 2.99. The van der Waals surface area contributed by atoms with Crippen molar-refractivity contribution in [3.63, 3.8) is 0 Å². The topological polar surface area (TPSA) is 77.6 Å². The molecule has 7 nitrogen and oxygen atoms in total. The number of benzene rings is 1. The molecule has 25 heavy (non-hydrogen) atoms. The van der Waals surface area contributed by atoms with Gasteiger partial charge in [0.2, 0.25) is 5.91 Å². The molecule has 0 saturated carbocycles. The first-order valence-corrected chi connectivity index (χ1v) is 8.66. The number of nitrogens with one attached hydrogen (secondary N) is 1. The van der Waals surface area contributed by atoms with E-state index in [4.69, 9.17) is 0 Å². The van der Waals surface area contributed by atoms with Crippen molar-refractivity contribution in [3.05, 3.63) is 48.7 Å². The van der Waals surface area contributed by atoms with E-state index in [0.717, 1.165) is 0 Å². The summed E-state index contributed by atoms with van der Waals surface area (Å²) in [4.78, 5) is 12.2. The molecule has 0 spiro atoms. The molecule has 0 radical (unpaired) electrons. The third kappa shape index (κ3) is 3.87. The molecule has 0 atom stereocenters. The van der Waals surface area contributed by atoms with E-state index in [2.05, 4.69) is 20.6 Å². The van der Waals surface area contributed by atoms with Crippen LogP contribution in [0.15, 0.2) is 48.0 Å². The van der Waals surface area contributed by atoms with Crippen LogP contribution in [0.2, 0.25) is 0 Å². The highest BCUT2D eigenvalue weighted by atomic mass is 32.2. The van der Waals surface area contributed by atoms with Gasteiger partial charge in [0.1, 0.15) is 18.0 Å². The second kappa shape index (κ2) is 7.47. The molecule has 1 N–H and O–H groups in total. The third-order valence-corrected chi connectivity index (χ3v) is 4.33. The number of halogens is 1. The second-order valence-electron chi connectivity index (χ2n) is 5.53. The lowest BCUT2D eigenvalue weighted by Gasteiger charge is -2.11. The molecule has 3 aromatic rings. The average molecular weight is 360 g/mol. The quantitative estimate of drug-likeness (QED) is 0.684. The number of rotatable bonds is 6. The third-order valence-electron chi connectivity index (χ3n) is 3.39. The van der Waals surface area contributed by atoms with E-state index in [9.17, 15) is 9.18 Å². The standard InChI is InChI=1S/C16H17FN6OS/c1-11(2)23-14(7-8-19-23)20-15(24)9-25-16-21-18-10-22(16)13-6-4-3-5-12(13)17/h3-8,10-11H,9H2,1-2H3,(H,20,24). The number of thioether (sulfide) groups is 1. The summed E-state index contributed by atoms with van der Waals surface area (Å²) < 4.78 is 17.2. The Morgan fingerprint density at radius 2 is 2.12 bits per heavy atom. The van der Waals surface area contributed by atoms with Crippen molar-refractivity contribution in [1.82, 2.24) is 24.5 Å². The Morgan fingerprint density at radius 1 is 1.32 bits per heavy atom. The van der Waals surface area contributed by atoms with Crippen LogP contribution in [0, 0.1) is 5.82 Å². The zero-order chi connectivity index (χ0) is 17.8. The van der Waals surface area contributed by atoms with Gasteiger partial charge in [-0.2, -0.15) is 5.10 Å². The molecule has 0 aliphatic carbocycles. The van der Waals surface area contributed by atoms with Gasteiger partial charge < -0.3 is 5.32 Å². The fraction of sp³-hybridized carbons (Fsp3) is 0.250. The zero-order valence-corrected chi connectivity index (χ0v) is 14.6. The van der Waals surface area contributed by atoms with Crippen molar-refractivity contribution >= 4 is 23.5 Å². The Morgan fingerprint density at radius 3 is 2.88 bits per heavy atom. The Labute approximate surface area is 148 Å². The number of amides is 1. The van der Waals surface area contributed by atoms with E-state index < -0.39 is 0 Å². The first kappa shape index (κ1) is 17.2. The van der Waals surface area contributed by atoms with Crippen LogP contribution in [0.25, 0.3) is 5.69 Å². The minimum absolute atomic E-state index is 0.121. The van der Waals surface area contributed by atoms with Gasteiger partial charge in [-0.1, -0.05) is 23.9 Å². The summed E-state index contributed by atoms with van der Waals surface area (Å²) in [7, 11) is 0. The van der Waals surface area contributed by atoms with E-state index in [-0.39, 0.29) is 23.5 Å². The maximum atomic E-state index is 13.9. The SMILES string of the molecule is CC(C)n1nccc1NC(=O)CSc1nncn1-c1ccccc1F. The highest BCUT2D eigenvalue weighted by molar-refractivity contribution is 7.99. The summed E-state index contributed by atoms with van der Waals surface area (Å²) in [5, 5.41) is 15.2. The molecule has 0 fully saturated rings. The number of aromatic nitrogens is 5. The highest BCUT2D eigenvalue weighted by Crippen LogP contribution is 2.22. The van der Waals surface area contributed by atoms with Crippen LogP contribution in [-0.2, 0) is 4.79 Å². The Balaban J connectivity index is 1.67. The summed E-state index contributed by atoms with van der Waals surface area (Å²) in [6.45, 7) is 3.96. The van der Waals surface area contributed by atoms with Crippen LogP contribution in [0.1, 0.15) is 19.9 Å². The minimum Gasteiger partial charge on any atom is -0.310 e. The van der Waals surface area contributed by atoms with Crippen molar-refractivity contribution < 1.29 is 9.18 Å². The molecular weight excluding hydrogens is 343 g/mol. The van der Waals surface area contributed by atoms with Crippen molar-refractivity contribution in [1.29, 1.82) is 0 Å². The van der Waals surface area contributed by atoms with E-state index in [1.807, 2.05) is 13.8 Å². The van der Waals surface area contributed by atoms with E-state index in [1.54, 1.807) is 35.1 Å². The summed E-state index contributed by atoms with van der Waals surface area (Å²) in [5.74, 6) is 0.178. The van der Waals surface area contributed by atoms with Gasteiger partial charge in [0.05, 0.1) is 17.6 Å². The average Bonchev–Trinajstić information content (AvgIpc) is 3.22. The first-order chi connectivity index (χ1) is 12.1. The summed E-state index contributed by atoms with van der Waals surface area (Å²) in [5.41, 5.74) is 0.341. The molecule has 0 bridgehead atoms. The van der Waals surface area contributed by atoms with Crippen LogP contribution in [0.3, 0.4) is 0 Å². The Bertz CT molecular complexity index is 875. The molecule has 0 aliphatic rings.